The van der Waals surface area contributed by atoms with Gasteiger partial charge < -0.3 is 5.73 Å². The lowest BCUT2D eigenvalue weighted by molar-refractivity contribution is -0.137. The van der Waals surface area contributed by atoms with E-state index in [-0.39, 0.29) is 6.04 Å². The van der Waals surface area contributed by atoms with Crippen molar-refractivity contribution in [1.29, 1.82) is 0 Å². The van der Waals surface area contributed by atoms with Gasteiger partial charge in [-0.1, -0.05) is 6.07 Å². The van der Waals surface area contributed by atoms with Crippen LogP contribution in [0.15, 0.2) is 24.3 Å². The molecular formula is C15H18F3N3. The second kappa shape index (κ2) is 5.52. The van der Waals surface area contributed by atoms with Gasteiger partial charge in [0.25, 0.3) is 0 Å². The summed E-state index contributed by atoms with van der Waals surface area (Å²) in [5.41, 5.74) is 8.14. The van der Waals surface area contributed by atoms with Crippen LogP contribution in [-0.2, 0) is 12.6 Å². The fraction of sp³-hybridized carbons (Fsp3) is 0.400. The molecule has 0 aliphatic rings. The van der Waals surface area contributed by atoms with Gasteiger partial charge in [-0.05, 0) is 51.0 Å². The van der Waals surface area contributed by atoms with Gasteiger partial charge in [0.2, 0.25) is 0 Å². The van der Waals surface area contributed by atoms with E-state index in [1.54, 1.807) is 10.7 Å². The van der Waals surface area contributed by atoms with Crippen LogP contribution in [0.4, 0.5) is 13.2 Å². The Morgan fingerprint density at radius 3 is 2.52 bits per heavy atom. The van der Waals surface area contributed by atoms with E-state index in [2.05, 4.69) is 5.10 Å². The first-order valence-corrected chi connectivity index (χ1v) is 6.68. The summed E-state index contributed by atoms with van der Waals surface area (Å²) < 4.78 is 39.9. The normalized spacial score (nSPS) is 13.5. The van der Waals surface area contributed by atoms with Gasteiger partial charge in [-0.15, -0.1) is 0 Å². The summed E-state index contributed by atoms with van der Waals surface area (Å²) in [6, 6.07) is 5.14. The lowest BCUT2D eigenvalue weighted by atomic mass is 10.1. The lowest BCUT2D eigenvalue weighted by Crippen LogP contribution is -2.18. The highest BCUT2D eigenvalue weighted by atomic mass is 19.4. The van der Waals surface area contributed by atoms with Crippen LogP contribution in [0.2, 0.25) is 0 Å². The van der Waals surface area contributed by atoms with Gasteiger partial charge in [-0.2, -0.15) is 18.3 Å². The van der Waals surface area contributed by atoms with Crippen molar-refractivity contribution < 1.29 is 13.2 Å². The summed E-state index contributed by atoms with van der Waals surface area (Å²) in [4.78, 5) is 0. The molecular weight excluding hydrogens is 279 g/mol. The zero-order chi connectivity index (χ0) is 15.8. The van der Waals surface area contributed by atoms with E-state index in [1.165, 1.54) is 6.07 Å². The molecule has 0 amide bonds. The molecule has 0 saturated heterocycles. The van der Waals surface area contributed by atoms with E-state index in [0.717, 1.165) is 29.1 Å². The average molecular weight is 297 g/mol. The molecule has 0 radical (unpaired) electrons. The molecule has 2 aromatic rings. The molecule has 1 unspecified atom stereocenters. The third-order valence-electron chi connectivity index (χ3n) is 3.39. The maximum atomic E-state index is 12.8. The predicted molar refractivity (Wildman–Crippen MR) is 75.4 cm³/mol. The minimum absolute atomic E-state index is 0.0263. The third-order valence-corrected chi connectivity index (χ3v) is 3.39. The smallest absolute Gasteiger partial charge is 0.328 e. The van der Waals surface area contributed by atoms with Crippen LogP contribution in [0.5, 0.6) is 0 Å². The molecule has 1 aromatic heterocycles. The Kier molecular flexibility index (Phi) is 4.09. The van der Waals surface area contributed by atoms with Crippen LogP contribution in [0, 0.1) is 13.8 Å². The summed E-state index contributed by atoms with van der Waals surface area (Å²) in [5.74, 6) is 0. The molecule has 2 N–H and O–H groups in total. The second-order valence-corrected chi connectivity index (χ2v) is 5.29. The Bertz CT molecular complexity index is 642. The Balaban J connectivity index is 2.48. The van der Waals surface area contributed by atoms with Crippen molar-refractivity contribution in [2.24, 2.45) is 5.73 Å². The standard InChI is InChI=1S/C15H18F3N3/c1-9(19)7-14-10(2)20-21(11(14)3)13-6-4-5-12(8-13)15(16,17)18/h4-6,8-9H,7,19H2,1-3H3. The van der Waals surface area contributed by atoms with E-state index in [1.807, 2.05) is 20.8 Å². The molecule has 1 atom stereocenters. The number of alkyl halides is 3. The fourth-order valence-electron chi connectivity index (χ4n) is 2.36. The molecule has 0 saturated carbocycles. The molecule has 0 fully saturated rings. The maximum Gasteiger partial charge on any atom is 0.416 e. The summed E-state index contributed by atoms with van der Waals surface area (Å²) in [6.45, 7) is 5.58. The molecule has 3 nitrogen and oxygen atoms in total. The molecule has 2 rings (SSSR count). The average Bonchev–Trinajstić information content (AvgIpc) is 2.65. The highest BCUT2D eigenvalue weighted by Crippen LogP contribution is 2.30. The first-order valence-electron chi connectivity index (χ1n) is 6.68. The van der Waals surface area contributed by atoms with Gasteiger partial charge >= 0.3 is 6.18 Å². The molecule has 0 bridgehead atoms. The Hall–Kier alpha value is -1.82. The van der Waals surface area contributed by atoms with Crippen molar-refractivity contribution in [2.75, 3.05) is 0 Å². The van der Waals surface area contributed by atoms with Crippen LogP contribution < -0.4 is 5.73 Å². The number of nitrogens with zero attached hydrogens (tertiary/aromatic N) is 2. The minimum atomic E-state index is -4.36. The van der Waals surface area contributed by atoms with Crippen molar-refractivity contribution in [1.82, 2.24) is 9.78 Å². The summed E-state index contributed by atoms with van der Waals surface area (Å²) >= 11 is 0. The Morgan fingerprint density at radius 1 is 1.29 bits per heavy atom. The van der Waals surface area contributed by atoms with Crippen LogP contribution in [0.1, 0.15) is 29.4 Å². The van der Waals surface area contributed by atoms with Crippen LogP contribution in [-0.4, -0.2) is 15.8 Å². The highest BCUT2D eigenvalue weighted by Gasteiger charge is 2.30. The minimum Gasteiger partial charge on any atom is -0.328 e. The SMILES string of the molecule is Cc1nn(-c2cccc(C(F)(F)F)c2)c(C)c1CC(C)N. The number of nitrogens with two attached hydrogens (primary N) is 1. The number of hydrogen-bond acceptors (Lipinski definition) is 2. The molecule has 1 heterocycles. The molecule has 6 heteroatoms. The van der Waals surface area contributed by atoms with Gasteiger partial charge in [-0.3, -0.25) is 0 Å². The second-order valence-electron chi connectivity index (χ2n) is 5.29. The number of halogens is 3. The van der Waals surface area contributed by atoms with E-state index in [0.29, 0.717) is 12.1 Å². The van der Waals surface area contributed by atoms with Gasteiger partial charge in [0.15, 0.2) is 0 Å². The highest BCUT2D eigenvalue weighted by molar-refractivity contribution is 5.40. The van der Waals surface area contributed by atoms with Gasteiger partial charge in [-0.25, -0.2) is 4.68 Å². The Morgan fingerprint density at radius 2 is 1.95 bits per heavy atom. The van der Waals surface area contributed by atoms with E-state index in [9.17, 15) is 13.2 Å². The molecule has 21 heavy (non-hydrogen) atoms. The zero-order valence-corrected chi connectivity index (χ0v) is 12.2. The largest absolute Gasteiger partial charge is 0.416 e. The number of benzene rings is 1. The van der Waals surface area contributed by atoms with Crippen molar-refractivity contribution >= 4 is 0 Å². The third kappa shape index (κ3) is 3.26. The monoisotopic (exact) mass is 297 g/mol. The van der Waals surface area contributed by atoms with Crippen molar-refractivity contribution in [2.45, 2.75) is 39.4 Å². The van der Waals surface area contributed by atoms with Gasteiger partial charge in [0.1, 0.15) is 0 Å². The number of aryl methyl sites for hydroxylation is 1. The van der Waals surface area contributed by atoms with Crippen LogP contribution in [0.3, 0.4) is 0 Å². The molecule has 114 valence electrons. The number of rotatable bonds is 3. The maximum absolute atomic E-state index is 12.8. The van der Waals surface area contributed by atoms with Crippen LogP contribution in [0.25, 0.3) is 5.69 Å². The van der Waals surface area contributed by atoms with Crippen molar-refractivity contribution in [3.63, 3.8) is 0 Å². The van der Waals surface area contributed by atoms with Crippen LogP contribution >= 0.6 is 0 Å². The van der Waals surface area contributed by atoms with E-state index < -0.39 is 11.7 Å². The molecule has 0 aliphatic heterocycles. The van der Waals surface area contributed by atoms with Crippen molar-refractivity contribution in [3.8, 4) is 5.69 Å². The summed E-state index contributed by atoms with van der Waals surface area (Å²) in [7, 11) is 0. The first kappa shape index (κ1) is 15.6. The molecule has 1 aromatic carbocycles. The van der Waals surface area contributed by atoms with Gasteiger partial charge in [0.05, 0.1) is 16.9 Å². The topological polar surface area (TPSA) is 43.8 Å². The predicted octanol–water partition coefficient (Wildman–Crippen LogP) is 3.40. The van der Waals surface area contributed by atoms with E-state index >= 15 is 0 Å². The number of hydrogen-bond donors (Lipinski definition) is 1. The van der Waals surface area contributed by atoms with E-state index in [4.69, 9.17) is 5.73 Å². The summed E-state index contributed by atoms with van der Waals surface area (Å²) in [6.07, 6.45) is -3.71. The fourth-order valence-corrected chi connectivity index (χ4v) is 2.36. The summed E-state index contributed by atoms with van der Waals surface area (Å²) in [5, 5.41) is 4.35. The number of aromatic nitrogens is 2. The zero-order valence-electron chi connectivity index (χ0n) is 12.2. The van der Waals surface area contributed by atoms with Crippen molar-refractivity contribution in [3.05, 3.63) is 46.8 Å². The lowest BCUT2D eigenvalue weighted by Gasteiger charge is -2.10. The first-order chi connectivity index (χ1) is 9.70. The van der Waals surface area contributed by atoms with Gasteiger partial charge in [0, 0.05) is 11.7 Å². The Labute approximate surface area is 121 Å². The molecule has 0 aliphatic carbocycles. The quantitative estimate of drug-likeness (QED) is 0.943. The molecule has 0 spiro atoms.